The Hall–Kier alpha value is -1.19. The minimum Gasteiger partial charge on any atom is -0.392 e. The Bertz CT molecular complexity index is 734. The predicted octanol–water partition coefficient (Wildman–Crippen LogP) is 2.72. The molecule has 0 bridgehead atoms. The van der Waals surface area contributed by atoms with Crippen LogP contribution in [0.3, 0.4) is 0 Å². The molecule has 0 atom stereocenters. The second-order valence-corrected chi connectivity index (χ2v) is 6.96. The minimum atomic E-state index is -3.81. The lowest BCUT2D eigenvalue weighted by molar-refractivity contribution is 0.275. The summed E-state index contributed by atoms with van der Waals surface area (Å²) in [5, 5.41) is 8.98. The van der Waals surface area contributed by atoms with E-state index in [2.05, 4.69) is 27.3 Å². The third-order valence-corrected chi connectivity index (χ3v) is 4.62. The monoisotopic (exact) mass is 407 g/mol. The molecule has 0 unspecified atom stereocenters. The highest BCUT2D eigenvalue weighted by atomic mass is 127. The SMILES string of the molecule is O=S(=O)(Nc1cccc(I)c1)c1ccc(F)c(CO)c1. The number of aliphatic hydroxyl groups is 1. The second-order valence-electron chi connectivity index (χ2n) is 4.03. The number of nitrogens with one attached hydrogen (secondary N) is 1. The molecule has 0 radical (unpaired) electrons. The quantitative estimate of drug-likeness (QED) is 0.767. The van der Waals surface area contributed by atoms with E-state index in [-0.39, 0.29) is 10.5 Å². The Labute approximate surface area is 129 Å². The van der Waals surface area contributed by atoms with E-state index in [1.807, 2.05) is 6.07 Å². The second kappa shape index (κ2) is 6.06. The van der Waals surface area contributed by atoms with E-state index in [1.165, 1.54) is 0 Å². The third-order valence-electron chi connectivity index (χ3n) is 2.57. The summed E-state index contributed by atoms with van der Waals surface area (Å²) in [5.74, 6) is -0.638. The van der Waals surface area contributed by atoms with Crippen LogP contribution in [-0.2, 0) is 16.6 Å². The maximum Gasteiger partial charge on any atom is 0.261 e. The largest absolute Gasteiger partial charge is 0.392 e. The maximum atomic E-state index is 13.3. The van der Waals surface area contributed by atoms with E-state index in [0.29, 0.717) is 5.69 Å². The highest BCUT2D eigenvalue weighted by molar-refractivity contribution is 14.1. The average Bonchev–Trinajstić information content (AvgIpc) is 2.38. The van der Waals surface area contributed by atoms with Crippen LogP contribution in [0, 0.1) is 9.39 Å². The molecular formula is C13H11FINO3S. The van der Waals surface area contributed by atoms with Crippen molar-refractivity contribution in [1.29, 1.82) is 0 Å². The number of aliphatic hydroxyl groups excluding tert-OH is 1. The van der Waals surface area contributed by atoms with Crippen LogP contribution in [-0.4, -0.2) is 13.5 Å². The van der Waals surface area contributed by atoms with Crippen molar-refractivity contribution in [2.45, 2.75) is 11.5 Å². The van der Waals surface area contributed by atoms with Gasteiger partial charge in [-0.2, -0.15) is 0 Å². The van der Waals surface area contributed by atoms with E-state index in [1.54, 1.807) is 18.2 Å². The molecule has 0 saturated carbocycles. The normalized spacial score (nSPS) is 11.3. The molecule has 2 aromatic rings. The van der Waals surface area contributed by atoms with Gasteiger partial charge < -0.3 is 5.11 Å². The van der Waals surface area contributed by atoms with Gasteiger partial charge in [-0.25, -0.2) is 12.8 Å². The van der Waals surface area contributed by atoms with Gasteiger partial charge in [0.15, 0.2) is 0 Å². The zero-order valence-corrected chi connectivity index (χ0v) is 13.2. The molecule has 0 aromatic heterocycles. The Morgan fingerprint density at radius 3 is 2.60 bits per heavy atom. The van der Waals surface area contributed by atoms with Crippen molar-refractivity contribution in [2.75, 3.05) is 4.72 Å². The number of benzene rings is 2. The minimum absolute atomic E-state index is 0.0597. The molecule has 0 aliphatic carbocycles. The van der Waals surface area contributed by atoms with Crippen LogP contribution in [0.15, 0.2) is 47.4 Å². The van der Waals surface area contributed by atoms with Gasteiger partial charge in [-0.1, -0.05) is 6.07 Å². The summed E-state index contributed by atoms with van der Waals surface area (Å²) >= 11 is 2.07. The zero-order valence-electron chi connectivity index (χ0n) is 10.2. The van der Waals surface area contributed by atoms with Gasteiger partial charge in [-0.3, -0.25) is 4.72 Å². The number of rotatable bonds is 4. The molecule has 106 valence electrons. The van der Waals surface area contributed by atoms with Gasteiger partial charge in [0, 0.05) is 14.8 Å². The van der Waals surface area contributed by atoms with Gasteiger partial charge in [-0.05, 0) is 59.0 Å². The fourth-order valence-electron chi connectivity index (χ4n) is 1.61. The summed E-state index contributed by atoms with van der Waals surface area (Å²) < 4.78 is 40.9. The molecule has 0 heterocycles. The Balaban J connectivity index is 2.35. The lowest BCUT2D eigenvalue weighted by Crippen LogP contribution is -2.13. The smallest absolute Gasteiger partial charge is 0.261 e. The predicted molar refractivity (Wildman–Crippen MR) is 82.3 cm³/mol. The van der Waals surface area contributed by atoms with Crippen LogP contribution >= 0.6 is 22.6 Å². The average molecular weight is 407 g/mol. The van der Waals surface area contributed by atoms with E-state index in [9.17, 15) is 12.8 Å². The summed E-state index contributed by atoms with van der Waals surface area (Å²) in [7, 11) is -3.81. The standard InChI is InChI=1S/C13H11FINO3S/c14-13-5-4-12(6-9(13)8-17)20(18,19)16-11-3-1-2-10(15)7-11/h1-7,16-17H,8H2. The van der Waals surface area contributed by atoms with Crippen LogP contribution < -0.4 is 4.72 Å². The van der Waals surface area contributed by atoms with Crippen LogP contribution in [0.4, 0.5) is 10.1 Å². The summed E-state index contributed by atoms with van der Waals surface area (Å²) in [6.45, 7) is -0.557. The topological polar surface area (TPSA) is 66.4 Å². The van der Waals surface area contributed by atoms with Gasteiger partial charge in [0.2, 0.25) is 0 Å². The molecule has 2 rings (SSSR count). The molecule has 0 aliphatic heterocycles. The van der Waals surface area contributed by atoms with E-state index in [0.717, 1.165) is 21.8 Å². The fraction of sp³-hybridized carbons (Fsp3) is 0.0769. The van der Waals surface area contributed by atoms with Crippen molar-refractivity contribution in [2.24, 2.45) is 0 Å². The highest BCUT2D eigenvalue weighted by Crippen LogP contribution is 2.20. The summed E-state index contributed by atoms with van der Waals surface area (Å²) in [5.41, 5.74) is 0.363. The van der Waals surface area contributed by atoms with Gasteiger partial charge in [0.1, 0.15) is 5.82 Å². The van der Waals surface area contributed by atoms with Gasteiger partial charge in [0.05, 0.1) is 11.5 Å². The molecule has 20 heavy (non-hydrogen) atoms. The first kappa shape index (κ1) is 15.2. The van der Waals surface area contributed by atoms with Gasteiger partial charge in [0.25, 0.3) is 10.0 Å². The van der Waals surface area contributed by atoms with Crippen molar-refractivity contribution in [3.63, 3.8) is 0 Å². The van der Waals surface area contributed by atoms with Crippen LogP contribution in [0.25, 0.3) is 0 Å². The molecule has 7 heteroatoms. The Morgan fingerprint density at radius 2 is 1.95 bits per heavy atom. The summed E-state index contributed by atoms with van der Waals surface area (Å²) in [4.78, 5) is -0.0955. The molecule has 0 saturated heterocycles. The van der Waals surface area contributed by atoms with E-state index < -0.39 is 22.4 Å². The van der Waals surface area contributed by atoms with Crippen molar-refractivity contribution in [1.82, 2.24) is 0 Å². The number of anilines is 1. The molecule has 4 nitrogen and oxygen atoms in total. The van der Waals surface area contributed by atoms with Crippen LogP contribution in [0.5, 0.6) is 0 Å². The zero-order chi connectivity index (χ0) is 14.8. The van der Waals surface area contributed by atoms with Crippen molar-refractivity contribution < 1.29 is 17.9 Å². The molecule has 0 aliphatic rings. The van der Waals surface area contributed by atoms with Crippen LogP contribution in [0.1, 0.15) is 5.56 Å². The Morgan fingerprint density at radius 1 is 1.20 bits per heavy atom. The molecule has 2 N–H and O–H groups in total. The summed E-state index contributed by atoms with van der Waals surface area (Å²) in [6, 6.07) is 10.2. The third kappa shape index (κ3) is 3.47. The van der Waals surface area contributed by atoms with E-state index >= 15 is 0 Å². The highest BCUT2D eigenvalue weighted by Gasteiger charge is 2.16. The molecule has 0 fully saturated rings. The van der Waals surface area contributed by atoms with Gasteiger partial charge in [-0.15, -0.1) is 0 Å². The number of hydrogen-bond acceptors (Lipinski definition) is 3. The first-order chi connectivity index (χ1) is 9.42. The van der Waals surface area contributed by atoms with E-state index in [4.69, 9.17) is 5.11 Å². The molecule has 0 spiro atoms. The van der Waals surface area contributed by atoms with Crippen molar-refractivity contribution in [3.8, 4) is 0 Å². The first-order valence-electron chi connectivity index (χ1n) is 5.60. The fourth-order valence-corrected chi connectivity index (χ4v) is 3.25. The van der Waals surface area contributed by atoms with Gasteiger partial charge >= 0.3 is 0 Å². The number of halogens is 2. The lowest BCUT2D eigenvalue weighted by Gasteiger charge is -2.09. The van der Waals surface area contributed by atoms with Crippen LogP contribution in [0.2, 0.25) is 0 Å². The van der Waals surface area contributed by atoms with Crippen molar-refractivity contribution in [3.05, 3.63) is 57.4 Å². The Kier molecular flexibility index (Phi) is 4.61. The maximum absolute atomic E-state index is 13.3. The lowest BCUT2D eigenvalue weighted by atomic mass is 10.2. The van der Waals surface area contributed by atoms with Crippen molar-refractivity contribution >= 4 is 38.3 Å². The molecule has 2 aromatic carbocycles. The summed E-state index contributed by atoms with van der Waals surface area (Å²) in [6.07, 6.45) is 0. The molecule has 0 amide bonds. The first-order valence-corrected chi connectivity index (χ1v) is 8.16. The number of sulfonamides is 1. The molecular weight excluding hydrogens is 396 g/mol. The number of hydrogen-bond donors (Lipinski definition) is 2.